The van der Waals surface area contributed by atoms with Crippen LogP contribution in [0.15, 0.2) is 23.1 Å². The molecule has 0 unspecified atom stereocenters. The van der Waals surface area contributed by atoms with Gasteiger partial charge in [-0.15, -0.1) is 11.8 Å². The third-order valence-corrected chi connectivity index (χ3v) is 4.18. The third kappa shape index (κ3) is 2.33. The molecule has 0 aliphatic carbocycles. The number of rotatable bonds is 3. The molecule has 0 bridgehead atoms. The summed E-state index contributed by atoms with van der Waals surface area (Å²) >= 11 is 1.38. The molecule has 0 aromatic heterocycles. The van der Waals surface area contributed by atoms with Gasteiger partial charge in [0, 0.05) is 4.90 Å². The van der Waals surface area contributed by atoms with E-state index in [2.05, 4.69) is 0 Å². The van der Waals surface area contributed by atoms with Crippen molar-refractivity contribution < 1.29 is 19.8 Å². The lowest BCUT2D eigenvalue weighted by Crippen LogP contribution is -2.55. The van der Waals surface area contributed by atoms with Gasteiger partial charge in [0.15, 0.2) is 0 Å². The molecule has 1 aromatic carbocycles. The van der Waals surface area contributed by atoms with Crippen LogP contribution in [-0.4, -0.2) is 33.4 Å². The molecule has 2 rings (SSSR count). The molecule has 6 heteroatoms. The van der Waals surface area contributed by atoms with Crippen LogP contribution in [0.3, 0.4) is 0 Å². The molecule has 1 aliphatic rings. The molecule has 19 heavy (non-hydrogen) atoms. The average Bonchev–Trinajstić information content (AvgIpc) is 2.37. The molecule has 0 saturated heterocycles. The van der Waals surface area contributed by atoms with E-state index in [1.54, 1.807) is 12.1 Å². The number of hydrogen-bond acceptors (Lipinski definition) is 4. The molecular formula is C13H15NO4S. The molecule has 0 fully saturated rings. The van der Waals surface area contributed by atoms with Crippen molar-refractivity contribution >= 4 is 29.3 Å². The Bertz CT molecular complexity index is 541. The van der Waals surface area contributed by atoms with Crippen molar-refractivity contribution in [3.05, 3.63) is 23.8 Å². The average molecular weight is 281 g/mol. The number of aliphatic hydroxyl groups is 1. The van der Waals surface area contributed by atoms with Crippen molar-refractivity contribution in [2.45, 2.75) is 30.9 Å². The van der Waals surface area contributed by atoms with E-state index >= 15 is 0 Å². The predicted octanol–water partition coefficient (Wildman–Crippen LogP) is 1.48. The number of amides is 1. The van der Waals surface area contributed by atoms with Crippen molar-refractivity contribution in [3.63, 3.8) is 0 Å². The van der Waals surface area contributed by atoms with E-state index in [1.807, 2.05) is 6.07 Å². The maximum atomic E-state index is 12.1. The Balaban J connectivity index is 2.57. The first-order valence-electron chi connectivity index (χ1n) is 5.81. The highest BCUT2D eigenvalue weighted by Gasteiger charge is 2.41. The first kappa shape index (κ1) is 13.9. The molecular weight excluding hydrogens is 266 g/mol. The van der Waals surface area contributed by atoms with Crippen molar-refractivity contribution in [2.75, 3.05) is 10.7 Å². The SMILES string of the molecule is CC(C)(C(=O)O)N1C(=O)CSc2ccc(CO)cc21. The third-order valence-electron chi connectivity index (χ3n) is 3.13. The van der Waals surface area contributed by atoms with Gasteiger partial charge in [0.25, 0.3) is 0 Å². The van der Waals surface area contributed by atoms with Crippen LogP contribution in [-0.2, 0) is 16.2 Å². The van der Waals surface area contributed by atoms with Crippen molar-refractivity contribution in [2.24, 2.45) is 0 Å². The van der Waals surface area contributed by atoms with E-state index in [1.165, 1.54) is 30.5 Å². The van der Waals surface area contributed by atoms with Gasteiger partial charge in [-0.1, -0.05) is 6.07 Å². The van der Waals surface area contributed by atoms with Crippen LogP contribution >= 0.6 is 11.8 Å². The lowest BCUT2D eigenvalue weighted by molar-refractivity contribution is -0.143. The van der Waals surface area contributed by atoms with Gasteiger partial charge in [-0.3, -0.25) is 9.69 Å². The Hall–Kier alpha value is -1.53. The van der Waals surface area contributed by atoms with E-state index in [-0.39, 0.29) is 18.3 Å². The fourth-order valence-corrected chi connectivity index (χ4v) is 2.88. The number of carboxylic acids is 1. The summed E-state index contributed by atoms with van der Waals surface area (Å²) in [4.78, 5) is 25.6. The summed E-state index contributed by atoms with van der Waals surface area (Å²) in [6, 6.07) is 5.25. The molecule has 0 saturated carbocycles. The van der Waals surface area contributed by atoms with Crippen LogP contribution in [0.4, 0.5) is 5.69 Å². The molecule has 0 spiro atoms. The molecule has 5 nitrogen and oxygen atoms in total. The molecule has 1 amide bonds. The monoisotopic (exact) mass is 281 g/mol. The summed E-state index contributed by atoms with van der Waals surface area (Å²) in [5.41, 5.74) is -0.110. The molecule has 1 aromatic rings. The van der Waals surface area contributed by atoms with Gasteiger partial charge in [0.2, 0.25) is 5.91 Å². The number of aliphatic hydroxyl groups excluding tert-OH is 1. The van der Waals surface area contributed by atoms with Gasteiger partial charge >= 0.3 is 5.97 Å². The quantitative estimate of drug-likeness (QED) is 0.877. The van der Waals surface area contributed by atoms with Gasteiger partial charge in [0.05, 0.1) is 18.0 Å². The van der Waals surface area contributed by atoms with E-state index in [4.69, 9.17) is 0 Å². The molecule has 1 aliphatic heterocycles. The minimum atomic E-state index is -1.32. The summed E-state index contributed by atoms with van der Waals surface area (Å²) < 4.78 is 0. The number of thioether (sulfide) groups is 1. The predicted molar refractivity (Wildman–Crippen MR) is 72.3 cm³/mol. The Morgan fingerprint density at radius 3 is 2.74 bits per heavy atom. The number of nitrogens with zero attached hydrogens (tertiary/aromatic N) is 1. The number of fused-ring (bicyclic) bond motifs is 1. The van der Waals surface area contributed by atoms with Crippen LogP contribution in [0.1, 0.15) is 19.4 Å². The molecule has 0 radical (unpaired) electrons. The Morgan fingerprint density at radius 2 is 2.16 bits per heavy atom. The zero-order valence-corrected chi connectivity index (χ0v) is 11.5. The number of aliphatic carboxylic acids is 1. The number of benzene rings is 1. The Labute approximate surface area is 115 Å². The van der Waals surface area contributed by atoms with Crippen molar-refractivity contribution in [1.82, 2.24) is 0 Å². The maximum absolute atomic E-state index is 12.1. The summed E-state index contributed by atoms with van der Waals surface area (Å²) in [6.45, 7) is 2.85. The molecule has 0 atom stereocenters. The Morgan fingerprint density at radius 1 is 1.47 bits per heavy atom. The van der Waals surface area contributed by atoms with Crippen molar-refractivity contribution in [1.29, 1.82) is 0 Å². The lowest BCUT2D eigenvalue weighted by atomic mass is 10.0. The second-order valence-electron chi connectivity index (χ2n) is 4.84. The van der Waals surface area contributed by atoms with Crippen LogP contribution in [0.5, 0.6) is 0 Å². The van der Waals surface area contributed by atoms with Gasteiger partial charge in [-0.05, 0) is 31.5 Å². The topological polar surface area (TPSA) is 77.8 Å². The van der Waals surface area contributed by atoms with Gasteiger partial charge in [-0.25, -0.2) is 4.79 Å². The summed E-state index contributed by atoms with van der Waals surface area (Å²) in [6.07, 6.45) is 0. The number of hydrogen-bond donors (Lipinski definition) is 2. The van der Waals surface area contributed by atoms with Crippen LogP contribution in [0.2, 0.25) is 0 Å². The van der Waals surface area contributed by atoms with E-state index in [0.29, 0.717) is 11.3 Å². The second-order valence-corrected chi connectivity index (χ2v) is 5.86. The van der Waals surface area contributed by atoms with Gasteiger partial charge in [-0.2, -0.15) is 0 Å². The second kappa shape index (κ2) is 4.86. The van der Waals surface area contributed by atoms with Crippen molar-refractivity contribution in [3.8, 4) is 0 Å². The maximum Gasteiger partial charge on any atom is 0.329 e. The Kier molecular flexibility index (Phi) is 3.56. The summed E-state index contributed by atoms with van der Waals surface area (Å²) in [7, 11) is 0. The van der Waals surface area contributed by atoms with Crippen LogP contribution in [0.25, 0.3) is 0 Å². The van der Waals surface area contributed by atoms with E-state index in [0.717, 1.165) is 4.90 Å². The largest absolute Gasteiger partial charge is 0.480 e. The number of carbonyl (C=O) groups is 2. The van der Waals surface area contributed by atoms with Crippen LogP contribution < -0.4 is 4.90 Å². The first-order valence-corrected chi connectivity index (χ1v) is 6.79. The van der Waals surface area contributed by atoms with E-state index < -0.39 is 11.5 Å². The summed E-state index contributed by atoms with van der Waals surface area (Å²) in [5.74, 6) is -1.07. The highest BCUT2D eigenvalue weighted by Crippen LogP contribution is 2.39. The fourth-order valence-electron chi connectivity index (χ4n) is 2.01. The van der Waals surface area contributed by atoms with Gasteiger partial charge < -0.3 is 10.2 Å². The highest BCUT2D eigenvalue weighted by atomic mass is 32.2. The highest BCUT2D eigenvalue weighted by molar-refractivity contribution is 8.00. The number of carbonyl (C=O) groups excluding carboxylic acids is 1. The zero-order valence-electron chi connectivity index (χ0n) is 10.7. The summed E-state index contributed by atoms with van der Waals surface area (Å²) in [5, 5.41) is 18.5. The first-order chi connectivity index (χ1) is 8.87. The van der Waals surface area contributed by atoms with Crippen LogP contribution in [0, 0.1) is 0 Å². The minimum absolute atomic E-state index is 0.145. The minimum Gasteiger partial charge on any atom is -0.480 e. The standard InChI is InChI=1S/C13H15NO4S/c1-13(2,12(17)18)14-9-5-8(6-15)3-4-10(9)19-7-11(14)16/h3-5,15H,6-7H2,1-2H3,(H,17,18). The zero-order chi connectivity index (χ0) is 14.2. The number of anilines is 1. The molecule has 102 valence electrons. The fraction of sp³-hybridized carbons (Fsp3) is 0.385. The lowest BCUT2D eigenvalue weighted by Gasteiger charge is -2.38. The van der Waals surface area contributed by atoms with Gasteiger partial charge in [0.1, 0.15) is 5.54 Å². The normalized spacial score (nSPS) is 15.3. The van der Waals surface area contributed by atoms with E-state index in [9.17, 15) is 19.8 Å². The molecule has 1 heterocycles. The number of carboxylic acid groups (broad SMARTS) is 1. The molecule has 2 N–H and O–H groups in total. The smallest absolute Gasteiger partial charge is 0.329 e.